The van der Waals surface area contributed by atoms with E-state index in [9.17, 15) is 9.59 Å². The van der Waals surface area contributed by atoms with Crippen LogP contribution in [0.4, 0.5) is 4.79 Å². The molecule has 174 valence electrons. The van der Waals surface area contributed by atoms with Crippen molar-refractivity contribution in [2.45, 2.75) is 20.1 Å². The summed E-state index contributed by atoms with van der Waals surface area (Å²) in [6.07, 6.45) is 1.70. The zero-order valence-electron chi connectivity index (χ0n) is 18.5. The number of aryl methyl sites for hydroxylation is 1. The van der Waals surface area contributed by atoms with Gasteiger partial charge < -0.3 is 9.47 Å². The van der Waals surface area contributed by atoms with E-state index in [-0.39, 0.29) is 17.7 Å². The Hall–Kier alpha value is -2.49. The van der Waals surface area contributed by atoms with Gasteiger partial charge in [0.2, 0.25) is 0 Å². The van der Waals surface area contributed by atoms with E-state index in [1.807, 2.05) is 49.4 Å². The highest BCUT2D eigenvalue weighted by molar-refractivity contribution is 14.1. The molecule has 0 bridgehead atoms. The van der Waals surface area contributed by atoms with Crippen LogP contribution in [0.1, 0.15) is 22.3 Å². The fourth-order valence-electron chi connectivity index (χ4n) is 3.39. The van der Waals surface area contributed by atoms with Crippen molar-refractivity contribution in [3.63, 3.8) is 0 Å². The number of hydrogen-bond acceptors (Lipinski definition) is 5. The number of nitrogens with zero attached hydrogens (tertiary/aromatic N) is 1. The van der Waals surface area contributed by atoms with Crippen molar-refractivity contribution in [2.24, 2.45) is 0 Å². The monoisotopic (exact) mass is 605 g/mol. The maximum Gasteiger partial charge on any atom is 0.293 e. The fraction of sp³-hybridized carbons (Fsp3) is 0.154. The predicted octanol–water partition coefficient (Wildman–Crippen LogP) is 7.08. The Balaban J connectivity index is 1.53. The molecule has 4 rings (SSSR count). The smallest absolute Gasteiger partial charge is 0.293 e. The van der Waals surface area contributed by atoms with Crippen molar-refractivity contribution >= 4 is 63.2 Å². The van der Waals surface area contributed by atoms with Crippen LogP contribution in [-0.4, -0.2) is 23.2 Å². The number of ether oxygens (including phenoxy) is 2. The molecule has 1 saturated heterocycles. The molecular formula is C26H21ClINO4S. The SMILES string of the molecule is COc1cc(/C=C2\SC(=O)N(Cc3ccccc3Cl)C2=O)cc(I)c1OCc1ccc(C)cc1. The quantitative estimate of drug-likeness (QED) is 0.213. The highest BCUT2D eigenvalue weighted by atomic mass is 127. The third-order valence-electron chi connectivity index (χ3n) is 5.21. The molecule has 0 unspecified atom stereocenters. The zero-order chi connectivity index (χ0) is 24.2. The highest BCUT2D eigenvalue weighted by Gasteiger charge is 2.35. The molecule has 0 spiro atoms. The zero-order valence-corrected chi connectivity index (χ0v) is 22.2. The summed E-state index contributed by atoms with van der Waals surface area (Å²) in [4.78, 5) is 27.0. The van der Waals surface area contributed by atoms with Crippen molar-refractivity contribution in [3.8, 4) is 11.5 Å². The van der Waals surface area contributed by atoms with Crippen LogP contribution in [0.5, 0.6) is 11.5 Å². The summed E-state index contributed by atoms with van der Waals surface area (Å²) in [5.74, 6) is 0.844. The van der Waals surface area contributed by atoms with Crippen molar-refractivity contribution in [2.75, 3.05) is 7.11 Å². The number of thioether (sulfide) groups is 1. The van der Waals surface area contributed by atoms with E-state index in [1.165, 1.54) is 10.5 Å². The number of halogens is 2. The summed E-state index contributed by atoms with van der Waals surface area (Å²) in [5, 5.41) is 0.196. The van der Waals surface area contributed by atoms with Gasteiger partial charge in [-0.2, -0.15) is 0 Å². The molecule has 0 aromatic heterocycles. The van der Waals surface area contributed by atoms with Gasteiger partial charge >= 0.3 is 0 Å². The van der Waals surface area contributed by atoms with Gasteiger partial charge in [0.05, 0.1) is 22.1 Å². The van der Waals surface area contributed by atoms with Crippen LogP contribution < -0.4 is 9.47 Å². The second-order valence-corrected chi connectivity index (χ2v) is 10.2. The average molecular weight is 606 g/mol. The van der Waals surface area contributed by atoms with E-state index in [0.29, 0.717) is 28.0 Å². The topological polar surface area (TPSA) is 55.8 Å². The molecule has 34 heavy (non-hydrogen) atoms. The molecule has 0 saturated carbocycles. The standard InChI is InChI=1S/C26H21ClINO4S/c1-16-7-9-17(10-8-16)15-33-24-21(28)11-18(12-22(24)32-2)13-23-25(30)29(26(31)34-23)14-19-5-3-4-6-20(19)27/h3-13H,14-15H2,1-2H3/b23-13-. The van der Waals surface area contributed by atoms with E-state index in [2.05, 4.69) is 22.6 Å². The van der Waals surface area contributed by atoms with Crippen molar-refractivity contribution in [1.29, 1.82) is 0 Å². The first-order valence-corrected chi connectivity index (χ1v) is 12.7. The lowest BCUT2D eigenvalue weighted by Gasteiger charge is -2.14. The molecule has 2 amide bonds. The summed E-state index contributed by atoms with van der Waals surface area (Å²) in [6.45, 7) is 2.59. The molecule has 8 heteroatoms. The lowest BCUT2D eigenvalue weighted by molar-refractivity contribution is -0.123. The summed E-state index contributed by atoms with van der Waals surface area (Å²) in [7, 11) is 1.57. The van der Waals surface area contributed by atoms with E-state index >= 15 is 0 Å². The molecule has 3 aromatic rings. The molecule has 1 aliphatic heterocycles. The highest BCUT2D eigenvalue weighted by Crippen LogP contribution is 2.38. The summed E-state index contributed by atoms with van der Waals surface area (Å²) < 4.78 is 12.4. The molecule has 3 aromatic carbocycles. The average Bonchev–Trinajstić information content (AvgIpc) is 3.07. The molecule has 0 atom stereocenters. The van der Waals surface area contributed by atoms with E-state index in [4.69, 9.17) is 21.1 Å². The first-order chi connectivity index (χ1) is 16.4. The van der Waals surface area contributed by atoms with Crippen LogP contribution in [0.3, 0.4) is 0 Å². The number of rotatable bonds is 7. The Bertz CT molecular complexity index is 1280. The number of amides is 2. The van der Waals surface area contributed by atoms with Crippen LogP contribution in [0.25, 0.3) is 6.08 Å². The van der Waals surface area contributed by atoms with Crippen molar-refractivity contribution in [3.05, 3.63) is 96.4 Å². The fourth-order valence-corrected chi connectivity index (χ4v) is 5.20. The lowest BCUT2D eigenvalue weighted by atomic mass is 10.1. The van der Waals surface area contributed by atoms with Gasteiger partial charge in [0.25, 0.3) is 11.1 Å². The van der Waals surface area contributed by atoms with Gasteiger partial charge in [0.1, 0.15) is 6.61 Å². The van der Waals surface area contributed by atoms with E-state index < -0.39 is 0 Å². The van der Waals surface area contributed by atoms with Gasteiger partial charge in [0, 0.05) is 5.02 Å². The maximum absolute atomic E-state index is 12.9. The molecule has 0 radical (unpaired) electrons. The van der Waals surface area contributed by atoms with Crippen LogP contribution in [0.2, 0.25) is 5.02 Å². The van der Waals surface area contributed by atoms with Gasteiger partial charge in [-0.3, -0.25) is 14.5 Å². The summed E-state index contributed by atoms with van der Waals surface area (Å²) in [6, 6.07) is 19.0. The van der Waals surface area contributed by atoms with Gasteiger partial charge in [-0.05, 0) is 82.2 Å². The Morgan fingerprint density at radius 1 is 1.09 bits per heavy atom. The predicted molar refractivity (Wildman–Crippen MR) is 144 cm³/mol. The number of hydrogen-bond donors (Lipinski definition) is 0. The maximum atomic E-state index is 12.9. The van der Waals surface area contributed by atoms with E-state index in [0.717, 1.165) is 32.0 Å². The van der Waals surface area contributed by atoms with Crippen LogP contribution in [0.15, 0.2) is 65.6 Å². The molecule has 1 aliphatic rings. The molecule has 0 aliphatic carbocycles. The third kappa shape index (κ3) is 5.59. The molecule has 1 fully saturated rings. The van der Waals surface area contributed by atoms with Crippen molar-refractivity contribution in [1.82, 2.24) is 4.90 Å². The number of benzene rings is 3. The number of methoxy groups -OCH3 is 1. The number of imide groups is 1. The second-order valence-electron chi connectivity index (χ2n) is 7.67. The first kappa shape index (κ1) is 24.6. The number of carbonyl (C=O) groups excluding carboxylic acids is 2. The lowest BCUT2D eigenvalue weighted by Crippen LogP contribution is -2.27. The number of carbonyl (C=O) groups is 2. The molecule has 1 heterocycles. The van der Waals surface area contributed by atoms with Gasteiger partial charge in [-0.15, -0.1) is 0 Å². The molecular weight excluding hydrogens is 585 g/mol. The normalized spacial score (nSPS) is 14.7. The Kier molecular flexibility index (Phi) is 7.85. The molecule has 0 N–H and O–H groups in total. The minimum atomic E-state index is -0.344. The summed E-state index contributed by atoms with van der Waals surface area (Å²) in [5.41, 5.74) is 3.71. The van der Waals surface area contributed by atoms with Crippen LogP contribution in [0, 0.1) is 10.5 Å². The Morgan fingerprint density at radius 3 is 2.53 bits per heavy atom. The minimum absolute atomic E-state index is 0.133. The third-order valence-corrected chi connectivity index (χ3v) is 7.29. The largest absolute Gasteiger partial charge is 0.493 e. The summed E-state index contributed by atoms with van der Waals surface area (Å²) >= 11 is 9.30. The Labute approximate surface area is 221 Å². The van der Waals surface area contributed by atoms with Crippen LogP contribution >= 0.6 is 46.0 Å². The van der Waals surface area contributed by atoms with Crippen LogP contribution in [-0.2, 0) is 17.9 Å². The first-order valence-electron chi connectivity index (χ1n) is 10.4. The second kappa shape index (κ2) is 10.8. The van der Waals surface area contributed by atoms with Gasteiger partial charge in [-0.1, -0.05) is 59.6 Å². The molecule has 5 nitrogen and oxygen atoms in total. The van der Waals surface area contributed by atoms with Crippen molar-refractivity contribution < 1.29 is 19.1 Å². The Morgan fingerprint density at radius 2 is 1.82 bits per heavy atom. The minimum Gasteiger partial charge on any atom is -0.493 e. The van der Waals surface area contributed by atoms with Gasteiger partial charge in [0.15, 0.2) is 11.5 Å². The van der Waals surface area contributed by atoms with Gasteiger partial charge in [-0.25, -0.2) is 0 Å². The van der Waals surface area contributed by atoms with E-state index in [1.54, 1.807) is 31.4 Å².